The van der Waals surface area contributed by atoms with Gasteiger partial charge in [0.1, 0.15) is 18.4 Å². The number of carbonyl (C=O) groups excluding carboxylic acids is 1. The quantitative estimate of drug-likeness (QED) is 0.517. The molecule has 0 radical (unpaired) electrons. The van der Waals surface area contributed by atoms with Crippen molar-refractivity contribution in [1.29, 1.82) is 0 Å². The monoisotopic (exact) mass is 366 g/mol. The molecule has 2 aromatic rings. The molecule has 0 aromatic heterocycles. The molecule has 1 atom stereocenters. The summed E-state index contributed by atoms with van der Waals surface area (Å²) < 4.78 is 5.92. The zero-order valence-corrected chi connectivity index (χ0v) is 15.6. The van der Waals surface area contributed by atoms with Gasteiger partial charge in [-0.1, -0.05) is 48.5 Å². The van der Waals surface area contributed by atoms with Crippen LogP contribution >= 0.6 is 0 Å². The van der Waals surface area contributed by atoms with Crippen LogP contribution in [0.4, 0.5) is 0 Å². The van der Waals surface area contributed by atoms with Crippen LogP contribution in [-0.4, -0.2) is 37.6 Å². The van der Waals surface area contributed by atoms with Crippen LogP contribution in [0.3, 0.4) is 0 Å². The van der Waals surface area contributed by atoms with Gasteiger partial charge in [-0.2, -0.15) is 0 Å². The molecule has 1 unspecified atom stereocenters. The summed E-state index contributed by atoms with van der Waals surface area (Å²) in [4.78, 5) is 16.4. The molecule has 3 rings (SSSR count). The fourth-order valence-electron chi connectivity index (χ4n) is 2.92. The van der Waals surface area contributed by atoms with E-state index < -0.39 is 0 Å². The Kier molecular flexibility index (Phi) is 6.68. The van der Waals surface area contributed by atoms with Crippen LogP contribution in [0.15, 0.2) is 59.6 Å². The fourth-order valence-corrected chi connectivity index (χ4v) is 2.92. The molecule has 0 bridgehead atoms. The Morgan fingerprint density at radius 1 is 1.07 bits per heavy atom. The Balaban J connectivity index is 1.44. The number of hydrogen-bond donors (Lipinski definition) is 3. The van der Waals surface area contributed by atoms with E-state index in [9.17, 15) is 4.79 Å². The minimum atomic E-state index is -0.111. The number of fused-ring (bicyclic) bond motifs is 1. The van der Waals surface area contributed by atoms with Crippen molar-refractivity contribution < 1.29 is 9.53 Å². The van der Waals surface area contributed by atoms with Crippen molar-refractivity contribution in [3.8, 4) is 5.75 Å². The van der Waals surface area contributed by atoms with Crippen LogP contribution in [0.5, 0.6) is 5.75 Å². The maximum absolute atomic E-state index is 12.0. The molecule has 1 amide bonds. The minimum absolute atomic E-state index is 0.0677. The highest BCUT2D eigenvalue weighted by molar-refractivity contribution is 5.84. The number of rotatable bonds is 7. The van der Waals surface area contributed by atoms with Crippen LogP contribution < -0.4 is 20.7 Å². The van der Waals surface area contributed by atoms with E-state index in [1.54, 1.807) is 0 Å². The molecule has 142 valence electrons. The van der Waals surface area contributed by atoms with Gasteiger partial charge in [0.15, 0.2) is 5.96 Å². The predicted octanol–water partition coefficient (Wildman–Crippen LogP) is 1.86. The predicted molar refractivity (Wildman–Crippen MR) is 107 cm³/mol. The molecule has 27 heavy (non-hydrogen) atoms. The number of carbonyl (C=O) groups is 1. The molecule has 0 saturated carbocycles. The number of aliphatic imine (C=N–C) groups is 1. The van der Waals surface area contributed by atoms with Gasteiger partial charge in [0.05, 0.1) is 6.54 Å². The molecule has 0 spiro atoms. The minimum Gasteiger partial charge on any atom is -0.488 e. The van der Waals surface area contributed by atoms with Gasteiger partial charge in [0, 0.05) is 19.5 Å². The van der Waals surface area contributed by atoms with Gasteiger partial charge >= 0.3 is 0 Å². The van der Waals surface area contributed by atoms with Crippen molar-refractivity contribution in [2.24, 2.45) is 4.99 Å². The van der Waals surface area contributed by atoms with Gasteiger partial charge in [0.2, 0.25) is 5.91 Å². The number of nitrogens with zero attached hydrogens (tertiary/aromatic N) is 1. The Morgan fingerprint density at radius 3 is 2.63 bits per heavy atom. The molecule has 0 fully saturated rings. The van der Waals surface area contributed by atoms with Crippen molar-refractivity contribution in [2.45, 2.75) is 26.0 Å². The van der Waals surface area contributed by atoms with Crippen LogP contribution in [-0.2, 0) is 17.8 Å². The average Bonchev–Trinajstić information content (AvgIpc) is 3.12. The van der Waals surface area contributed by atoms with E-state index in [4.69, 9.17) is 4.74 Å². The number of guanidine groups is 1. The summed E-state index contributed by atoms with van der Waals surface area (Å²) in [5.41, 5.74) is 2.30. The second-order valence-corrected chi connectivity index (χ2v) is 6.39. The van der Waals surface area contributed by atoms with E-state index in [1.165, 1.54) is 5.56 Å². The summed E-state index contributed by atoms with van der Waals surface area (Å²) in [6.45, 7) is 3.94. The summed E-state index contributed by atoms with van der Waals surface area (Å²) in [7, 11) is 0. The molecule has 0 aliphatic carbocycles. The number of benzene rings is 2. The Bertz CT molecular complexity index is 752. The highest BCUT2D eigenvalue weighted by Gasteiger charge is 2.22. The average molecular weight is 366 g/mol. The molecule has 2 aromatic carbocycles. The third-order valence-electron chi connectivity index (χ3n) is 4.27. The summed E-state index contributed by atoms with van der Waals surface area (Å²) >= 11 is 0. The Labute approximate surface area is 160 Å². The molecule has 0 saturated heterocycles. The third-order valence-corrected chi connectivity index (χ3v) is 4.27. The zero-order valence-electron chi connectivity index (χ0n) is 15.6. The van der Waals surface area contributed by atoms with Gasteiger partial charge in [-0.15, -0.1) is 0 Å². The van der Waals surface area contributed by atoms with Crippen molar-refractivity contribution in [2.75, 3.05) is 19.6 Å². The molecular weight excluding hydrogens is 340 g/mol. The number of para-hydroxylation sites is 1. The van der Waals surface area contributed by atoms with E-state index >= 15 is 0 Å². The van der Waals surface area contributed by atoms with Gasteiger partial charge in [0.25, 0.3) is 0 Å². The first-order chi connectivity index (χ1) is 13.2. The molecule has 6 nitrogen and oxygen atoms in total. The van der Waals surface area contributed by atoms with Crippen molar-refractivity contribution in [1.82, 2.24) is 16.0 Å². The van der Waals surface area contributed by atoms with Crippen LogP contribution in [0.25, 0.3) is 0 Å². The standard InChI is InChI=1S/C21H26N4O2/c1-2-22-21(24-14-18-12-17-10-6-7-11-19(17)27-18)25-15-20(26)23-13-16-8-4-3-5-9-16/h3-11,18H,2,12-15H2,1H3,(H,23,26)(H2,22,24,25). The Morgan fingerprint density at radius 2 is 1.85 bits per heavy atom. The van der Waals surface area contributed by atoms with Gasteiger partial charge in [-0.25, -0.2) is 4.99 Å². The fraction of sp³-hybridized carbons (Fsp3) is 0.333. The van der Waals surface area contributed by atoms with E-state index in [2.05, 4.69) is 27.0 Å². The van der Waals surface area contributed by atoms with E-state index in [1.807, 2.05) is 55.5 Å². The lowest BCUT2D eigenvalue weighted by molar-refractivity contribution is -0.119. The lowest BCUT2D eigenvalue weighted by Crippen LogP contribution is -2.43. The van der Waals surface area contributed by atoms with Crippen LogP contribution in [0, 0.1) is 0 Å². The topological polar surface area (TPSA) is 74.8 Å². The summed E-state index contributed by atoms with van der Waals surface area (Å²) in [5, 5.41) is 9.30. The second-order valence-electron chi connectivity index (χ2n) is 6.39. The molecule has 3 N–H and O–H groups in total. The highest BCUT2D eigenvalue weighted by Crippen LogP contribution is 2.27. The number of hydrogen-bond acceptors (Lipinski definition) is 3. The third kappa shape index (κ3) is 5.74. The van der Waals surface area contributed by atoms with Gasteiger partial charge in [-0.3, -0.25) is 4.79 Å². The number of amides is 1. The van der Waals surface area contributed by atoms with Crippen molar-refractivity contribution in [3.63, 3.8) is 0 Å². The number of ether oxygens (including phenoxy) is 1. The largest absolute Gasteiger partial charge is 0.488 e. The zero-order chi connectivity index (χ0) is 18.9. The lowest BCUT2D eigenvalue weighted by atomic mass is 10.1. The molecule has 1 heterocycles. The van der Waals surface area contributed by atoms with Gasteiger partial charge in [-0.05, 0) is 24.1 Å². The second kappa shape index (κ2) is 9.62. The normalized spacial score (nSPS) is 15.6. The van der Waals surface area contributed by atoms with E-state index in [0.717, 1.165) is 24.3 Å². The highest BCUT2D eigenvalue weighted by atomic mass is 16.5. The van der Waals surface area contributed by atoms with Crippen molar-refractivity contribution in [3.05, 3.63) is 65.7 Å². The first-order valence-corrected chi connectivity index (χ1v) is 9.32. The maximum Gasteiger partial charge on any atom is 0.242 e. The van der Waals surface area contributed by atoms with Crippen LogP contribution in [0.2, 0.25) is 0 Å². The lowest BCUT2D eigenvalue weighted by Gasteiger charge is -2.15. The summed E-state index contributed by atoms with van der Waals surface area (Å²) in [6, 6.07) is 17.9. The number of nitrogens with one attached hydrogen (secondary N) is 3. The first kappa shape index (κ1) is 18.8. The summed E-state index contributed by atoms with van der Waals surface area (Å²) in [6.07, 6.45) is 0.943. The van der Waals surface area contributed by atoms with Gasteiger partial charge < -0.3 is 20.7 Å². The molecule has 1 aliphatic heterocycles. The smallest absolute Gasteiger partial charge is 0.242 e. The van der Waals surface area contributed by atoms with Crippen LogP contribution in [0.1, 0.15) is 18.1 Å². The van der Waals surface area contributed by atoms with E-state index in [0.29, 0.717) is 19.0 Å². The molecule has 6 heteroatoms. The summed E-state index contributed by atoms with van der Waals surface area (Å²) in [5.74, 6) is 1.46. The van der Waals surface area contributed by atoms with E-state index in [-0.39, 0.29) is 18.6 Å². The maximum atomic E-state index is 12.0. The Hall–Kier alpha value is -3.02. The van der Waals surface area contributed by atoms with Crippen molar-refractivity contribution >= 4 is 11.9 Å². The molecule has 1 aliphatic rings. The first-order valence-electron chi connectivity index (χ1n) is 9.32. The SMILES string of the molecule is CCNC(=NCC(=O)NCc1ccccc1)NCC1Cc2ccccc2O1. The molecular formula is C21H26N4O2.